The van der Waals surface area contributed by atoms with Crippen molar-refractivity contribution < 1.29 is 35.4 Å². The Morgan fingerprint density at radius 1 is 1.31 bits per heavy atom. The number of rotatable bonds is 8. The Morgan fingerprint density at radius 2 is 1.97 bits per heavy atom. The molecule has 1 amide bonds. The molecule has 2 atom stereocenters. The fraction of sp³-hybridized carbons (Fsp3) is 0.500. The van der Waals surface area contributed by atoms with Gasteiger partial charge in [0.1, 0.15) is 30.3 Å². The van der Waals surface area contributed by atoms with E-state index >= 15 is 0 Å². The minimum Gasteiger partial charge on any atom is -0.368 e. The second-order valence-corrected chi connectivity index (χ2v) is 6.40. The molecule has 158 valence electrons. The van der Waals surface area contributed by atoms with Gasteiger partial charge >= 0.3 is 0 Å². The van der Waals surface area contributed by atoms with Crippen molar-refractivity contribution in [3.63, 3.8) is 0 Å². The van der Waals surface area contributed by atoms with Gasteiger partial charge < -0.3 is 40.5 Å². The number of anilines is 1. The molecule has 2 unspecified atom stereocenters. The first-order chi connectivity index (χ1) is 13.5. The molecule has 7 N–H and O–H groups in total. The summed E-state index contributed by atoms with van der Waals surface area (Å²) in [5.41, 5.74) is 0.402. The van der Waals surface area contributed by atoms with Crippen molar-refractivity contribution >= 4 is 22.8 Å². The maximum absolute atomic E-state index is 12.1. The van der Waals surface area contributed by atoms with E-state index in [2.05, 4.69) is 15.0 Å². The lowest BCUT2D eigenvalue weighted by Crippen LogP contribution is -2.69. The molecular weight excluding hydrogens is 388 g/mol. The minimum absolute atomic E-state index is 0.126. The Kier molecular flexibility index (Phi) is 6.69. The maximum Gasteiger partial charge on any atom is 0.274 e. The molecule has 0 saturated carbocycles. The first-order valence-electron chi connectivity index (χ1n) is 8.41. The molecule has 13 nitrogen and oxygen atoms in total. The van der Waals surface area contributed by atoms with Crippen molar-refractivity contribution in [1.29, 1.82) is 5.26 Å². The molecule has 0 aliphatic heterocycles. The number of aliphatic hydroxyl groups excluding tert-OH is 2. The number of aliphatic hydroxyl groups is 6. The van der Waals surface area contributed by atoms with Gasteiger partial charge in [-0.25, -0.2) is 14.9 Å². The van der Waals surface area contributed by atoms with E-state index in [1.165, 1.54) is 26.4 Å². The molecule has 2 rings (SSSR count). The maximum atomic E-state index is 12.1. The first-order valence-corrected chi connectivity index (χ1v) is 8.41. The molecule has 2 aromatic heterocycles. The van der Waals surface area contributed by atoms with Crippen molar-refractivity contribution in [2.24, 2.45) is 5.92 Å². The molecule has 0 aromatic carbocycles. The van der Waals surface area contributed by atoms with Gasteiger partial charge in [-0.15, -0.1) is 0 Å². The Morgan fingerprint density at radius 3 is 2.52 bits per heavy atom. The predicted octanol–water partition coefficient (Wildman–Crippen LogP) is -2.64. The molecule has 0 radical (unpaired) electrons. The van der Waals surface area contributed by atoms with Crippen LogP contribution < -0.4 is 4.90 Å². The van der Waals surface area contributed by atoms with Crippen LogP contribution >= 0.6 is 0 Å². The van der Waals surface area contributed by atoms with Gasteiger partial charge in [0.25, 0.3) is 5.91 Å². The van der Waals surface area contributed by atoms with Crippen molar-refractivity contribution in [2.75, 3.05) is 11.9 Å². The molecule has 2 aromatic rings. The normalized spacial score (nSPS) is 14.1. The Bertz CT molecular complexity index is 893. The smallest absolute Gasteiger partial charge is 0.274 e. The van der Waals surface area contributed by atoms with Crippen LogP contribution in [-0.4, -0.2) is 88.1 Å². The monoisotopic (exact) mass is 410 g/mol. The van der Waals surface area contributed by atoms with Crippen LogP contribution in [0.2, 0.25) is 0 Å². The Balaban J connectivity index is 2.61. The summed E-state index contributed by atoms with van der Waals surface area (Å²) < 4.78 is 0. The average molecular weight is 410 g/mol. The molecule has 0 bridgehead atoms. The second kappa shape index (κ2) is 8.66. The number of H-pyrrole nitrogens is 1. The molecular formula is C16H22N6O7. The molecule has 2 heterocycles. The van der Waals surface area contributed by atoms with Crippen molar-refractivity contribution in [3.05, 3.63) is 18.6 Å². The summed E-state index contributed by atoms with van der Waals surface area (Å²) in [7, 11) is 1.33. The summed E-state index contributed by atoms with van der Waals surface area (Å²) in [6, 6.07) is 1.33. The zero-order valence-corrected chi connectivity index (χ0v) is 15.6. The summed E-state index contributed by atoms with van der Waals surface area (Å²) in [6.45, 7) is 1.24. The van der Waals surface area contributed by atoms with Gasteiger partial charge in [0.05, 0.1) is 11.5 Å². The highest BCUT2D eigenvalue weighted by Crippen LogP contribution is 2.32. The predicted molar refractivity (Wildman–Crippen MR) is 95.9 cm³/mol. The number of fused-ring (bicyclic) bond motifs is 1. The van der Waals surface area contributed by atoms with Crippen LogP contribution in [0.5, 0.6) is 0 Å². The summed E-state index contributed by atoms with van der Waals surface area (Å²) in [5.74, 6) is -5.88. The summed E-state index contributed by atoms with van der Waals surface area (Å²) in [4.78, 5) is 24.1. The van der Waals surface area contributed by atoms with Crippen molar-refractivity contribution in [2.45, 2.75) is 38.0 Å². The van der Waals surface area contributed by atoms with Crippen LogP contribution in [0.1, 0.15) is 13.3 Å². The zero-order chi connectivity index (χ0) is 21.9. The Labute approximate surface area is 164 Å². The third-order valence-corrected chi connectivity index (χ3v) is 4.53. The van der Waals surface area contributed by atoms with Gasteiger partial charge in [-0.2, -0.15) is 5.26 Å². The number of amides is 1. The van der Waals surface area contributed by atoms with E-state index in [1.54, 1.807) is 12.3 Å². The van der Waals surface area contributed by atoms with E-state index < -0.39 is 42.9 Å². The number of likely N-dealkylation sites (N-methyl/N-ethyl adjacent to an activating group) is 1. The molecule has 0 aliphatic carbocycles. The third-order valence-electron chi connectivity index (χ3n) is 4.53. The van der Waals surface area contributed by atoms with E-state index in [9.17, 15) is 35.4 Å². The SMILES string of the molecule is CC(C(O)O)C(N(C)c1ncnc2[nH]ccc12)C(O)(O)N(C(=O)CC#N)C(O)O. The largest absolute Gasteiger partial charge is 0.368 e. The highest BCUT2D eigenvalue weighted by atomic mass is 16.6. The summed E-state index contributed by atoms with van der Waals surface area (Å²) in [6.07, 6.45) is -2.93. The van der Waals surface area contributed by atoms with Crippen molar-refractivity contribution in [3.8, 4) is 6.07 Å². The zero-order valence-electron chi connectivity index (χ0n) is 15.6. The number of aromatic amines is 1. The van der Waals surface area contributed by atoms with E-state index in [0.717, 1.165) is 4.90 Å². The lowest BCUT2D eigenvalue weighted by atomic mass is 9.94. The standard InChI is InChI=1S/C16H22N6O7/c1-8(14(24)25)11(16(28,29)22(15(26)27)10(23)3-5-17)21(2)13-9-4-6-18-12(9)19-7-20-13/h4,6-8,11,14-15,24-29H,3H2,1-2H3,(H,18,19,20). The third kappa shape index (κ3) is 4.27. The van der Waals surface area contributed by atoms with Crippen LogP contribution in [0.25, 0.3) is 11.0 Å². The fourth-order valence-corrected chi connectivity index (χ4v) is 3.18. The number of carbonyl (C=O) groups excluding carboxylic acids is 1. The lowest BCUT2D eigenvalue weighted by Gasteiger charge is -2.46. The highest BCUT2D eigenvalue weighted by molar-refractivity contribution is 5.87. The highest BCUT2D eigenvalue weighted by Gasteiger charge is 2.52. The van der Waals surface area contributed by atoms with E-state index in [-0.39, 0.29) is 10.7 Å². The summed E-state index contributed by atoms with van der Waals surface area (Å²) in [5, 5.41) is 69.2. The topological polar surface area (TPSA) is 210 Å². The second-order valence-electron chi connectivity index (χ2n) is 6.40. The number of nitriles is 1. The van der Waals surface area contributed by atoms with Gasteiger partial charge in [-0.3, -0.25) is 4.79 Å². The molecule has 0 saturated heterocycles. The van der Waals surface area contributed by atoms with E-state index in [0.29, 0.717) is 11.0 Å². The molecule has 0 fully saturated rings. The van der Waals surface area contributed by atoms with Crippen LogP contribution in [0.3, 0.4) is 0 Å². The van der Waals surface area contributed by atoms with E-state index in [1.807, 2.05) is 0 Å². The minimum atomic E-state index is -3.35. The van der Waals surface area contributed by atoms with Crippen LogP contribution in [0.4, 0.5) is 5.82 Å². The van der Waals surface area contributed by atoms with Crippen LogP contribution in [-0.2, 0) is 4.79 Å². The molecule has 29 heavy (non-hydrogen) atoms. The molecule has 0 spiro atoms. The van der Waals surface area contributed by atoms with E-state index in [4.69, 9.17) is 5.26 Å². The molecule has 0 aliphatic rings. The van der Waals surface area contributed by atoms with Gasteiger partial charge in [-0.05, 0) is 6.07 Å². The lowest BCUT2D eigenvalue weighted by molar-refractivity contribution is -0.336. The average Bonchev–Trinajstić information content (AvgIpc) is 3.09. The number of nitrogens with zero attached hydrogens (tertiary/aromatic N) is 5. The number of hydrogen-bond donors (Lipinski definition) is 7. The number of aromatic nitrogens is 3. The first kappa shape index (κ1) is 22.4. The van der Waals surface area contributed by atoms with Crippen molar-refractivity contribution in [1.82, 2.24) is 19.9 Å². The van der Waals surface area contributed by atoms with Crippen LogP contribution in [0, 0.1) is 17.2 Å². The van der Waals surface area contributed by atoms with Gasteiger partial charge in [0.2, 0.25) is 12.3 Å². The fourth-order valence-electron chi connectivity index (χ4n) is 3.18. The van der Waals surface area contributed by atoms with Gasteiger partial charge in [-0.1, -0.05) is 6.92 Å². The van der Waals surface area contributed by atoms with Crippen LogP contribution in [0.15, 0.2) is 18.6 Å². The van der Waals surface area contributed by atoms with Gasteiger partial charge in [0, 0.05) is 19.2 Å². The number of hydrogen-bond acceptors (Lipinski definition) is 11. The number of nitrogens with one attached hydrogen (secondary N) is 1. The molecule has 13 heteroatoms. The quantitative estimate of drug-likeness (QED) is 0.223. The Hall–Kier alpha value is -2.86. The summed E-state index contributed by atoms with van der Waals surface area (Å²) >= 11 is 0. The van der Waals surface area contributed by atoms with Gasteiger partial charge in [0.15, 0.2) is 6.29 Å². The number of carbonyl (C=O) groups is 1.